The number of nitrogens with zero attached hydrogens (tertiary/aromatic N) is 3. The summed E-state index contributed by atoms with van der Waals surface area (Å²) in [6.07, 6.45) is 0. The van der Waals surface area contributed by atoms with Gasteiger partial charge in [0.05, 0.1) is 13.7 Å². The maximum atomic E-state index is 5.63. The topological polar surface area (TPSA) is 49.2 Å². The number of hydrogen-bond donors (Lipinski definition) is 0. The minimum atomic E-state index is 0.144. The average Bonchev–Trinajstić information content (AvgIpc) is 3.27. The summed E-state index contributed by atoms with van der Waals surface area (Å²) in [4.78, 5) is 0. The van der Waals surface area contributed by atoms with Crippen LogP contribution in [0.4, 0.5) is 0 Å². The predicted molar refractivity (Wildman–Crippen MR) is 139 cm³/mol. The lowest BCUT2D eigenvalue weighted by molar-refractivity contribution is 0.340. The molecule has 34 heavy (non-hydrogen) atoms. The van der Waals surface area contributed by atoms with E-state index in [9.17, 15) is 0 Å². The van der Waals surface area contributed by atoms with Crippen LogP contribution in [0.15, 0.2) is 78.0 Å². The van der Waals surface area contributed by atoms with Crippen molar-refractivity contribution >= 4 is 11.8 Å². The van der Waals surface area contributed by atoms with Crippen molar-refractivity contribution in [1.29, 1.82) is 0 Å². The van der Waals surface area contributed by atoms with Crippen LogP contribution in [0.25, 0.3) is 17.1 Å². The highest BCUT2D eigenvalue weighted by Crippen LogP contribution is 2.32. The Hall–Kier alpha value is -3.25. The Kier molecular flexibility index (Phi) is 7.27. The van der Waals surface area contributed by atoms with Gasteiger partial charge in [0, 0.05) is 17.0 Å². The highest BCUT2D eigenvalue weighted by atomic mass is 32.2. The van der Waals surface area contributed by atoms with Gasteiger partial charge in [0.2, 0.25) is 0 Å². The highest BCUT2D eigenvalue weighted by Gasteiger charge is 2.18. The number of rotatable bonds is 8. The second-order valence-electron chi connectivity index (χ2n) is 9.04. The van der Waals surface area contributed by atoms with Crippen molar-refractivity contribution in [1.82, 2.24) is 14.8 Å². The van der Waals surface area contributed by atoms with Crippen molar-refractivity contribution in [3.05, 3.63) is 83.9 Å². The summed E-state index contributed by atoms with van der Waals surface area (Å²) in [5.74, 6) is 3.20. The van der Waals surface area contributed by atoms with Crippen molar-refractivity contribution in [3.8, 4) is 28.6 Å². The molecule has 1 aromatic heterocycles. The average molecular weight is 474 g/mol. The van der Waals surface area contributed by atoms with Gasteiger partial charge in [-0.1, -0.05) is 68.9 Å². The van der Waals surface area contributed by atoms with Gasteiger partial charge in [-0.15, -0.1) is 10.2 Å². The van der Waals surface area contributed by atoms with E-state index in [0.717, 1.165) is 39.5 Å². The van der Waals surface area contributed by atoms with Crippen molar-refractivity contribution < 1.29 is 9.47 Å². The largest absolute Gasteiger partial charge is 0.497 e. The first-order chi connectivity index (χ1) is 16.4. The summed E-state index contributed by atoms with van der Waals surface area (Å²) in [6.45, 7) is 9.32. The molecule has 176 valence electrons. The normalized spacial score (nSPS) is 11.4. The molecular weight excluding hydrogens is 442 g/mol. The van der Waals surface area contributed by atoms with Crippen molar-refractivity contribution in [2.75, 3.05) is 13.7 Å². The molecule has 3 aromatic carbocycles. The molecule has 0 saturated carbocycles. The Morgan fingerprint density at radius 1 is 0.882 bits per heavy atom. The molecule has 4 aromatic rings. The molecule has 0 aliphatic carbocycles. The Bertz CT molecular complexity index is 1230. The highest BCUT2D eigenvalue weighted by molar-refractivity contribution is 7.98. The Labute approximate surface area is 206 Å². The summed E-state index contributed by atoms with van der Waals surface area (Å²) in [5, 5.41) is 9.95. The van der Waals surface area contributed by atoms with Crippen LogP contribution in [-0.2, 0) is 11.2 Å². The van der Waals surface area contributed by atoms with Gasteiger partial charge in [-0.25, -0.2) is 0 Å². The third-order valence-corrected chi connectivity index (χ3v) is 6.56. The van der Waals surface area contributed by atoms with Crippen molar-refractivity contribution in [2.24, 2.45) is 0 Å². The molecule has 0 fully saturated rings. The molecule has 6 heteroatoms. The molecule has 0 radical (unpaired) electrons. The maximum absolute atomic E-state index is 5.63. The van der Waals surface area contributed by atoms with Gasteiger partial charge in [-0.05, 0) is 59.9 Å². The second-order valence-corrected chi connectivity index (χ2v) is 9.98. The lowest BCUT2D eigenvalue weighted by atomic mass is 9.87. The van der Waals surface area contributed by atoms with E-state index in [2.05, 4.69) is 59.8 Å². The van der Waals surface area contributed by atoms with E-state index >= 15 is 0 Å². The zero-order valence-electron chi connectivity index (χ0n) is 20.4. The fourth-order valence-electron chi connectivity index (χ4n) is 3.65. The minimum absolute atomic E-state index is 0.144. The predicted octanol–water partition coefficient (Wildman–Crippen LogP) is 6.93. The summed E-state index contributed by atoms with van der Waals surface area (Å²) >= 11 is 1.68. The Balaban J connectivity index is 1.67. The molecule has 1 heterocycles. The zero-order chi connectivity index (χ0) is 24.1. The zero-order valence-corrected chi connectivity index (χ0v) is 21.2. The molecule has 0 N–H and O–H groups in total. The molecule has 0 aliphatic heterocycles. The van der Waals surface area contributed by atoms with E-state index in [-0.39, 0.29) is 5.41 Å². The number of benzene rings is 3. The third-order valence-electron chi connectivity index (χ3n) is 5.56. The van der Waals surface area contributed by atoms with Crippen molar-refractivity contribution in [2.45, 2.75) is 44.0 Å². The van der Waals surface area contributed by atoms with E-state index < -0.39 is 0 Å². The summed E-state index contributed by atoms with van der Waals surface area (Å²) < 4.78 is 13.2. The van der Waals surface area contributed by atoms with E-state index in [1.807, 2.05) is 55.5 Å². The second kappa shape index (κ2) is 10.3. The summed E-state index contributed by atoms with van der Waals surface area (Å²) in [6, 6.07) is 24.8. The van der Waals surface area contributed by atoms with Gasteiger partial charge in [-0.2, -0.15) is 0 Å². The van der Waals surface area contributed by atoms with Gasteiger partial charge < -0.3 is 9.47 Å². The standard InChI is InChI=1S/C28H31N3O2S/c1-6-33-24-16-14-23(15-17-24)31-26(21-8-7-9-25(18-21)32-5)29-30-27(31)34-19-20-10-12-22(13-11-20)28(2,3)4/h7-18H,6,19H2,1-5H3. The fraction of sp³-hybridized carbons (Fsp3) is 0.286. The number of hydrogen-bond acceptors (Lipinski definition) is 5. The van der Waals surface area contributed by atoms with Crippen LogP contribution in [0, 0.1) is 0 Å². The van der Waals surface area contributed by atoms with Crippen LogP contribution in [0.1, 0.15) is 38.8 Å². The van der Waals surface area contributed by atoms with Crippen LogP contribution in [0.2, 0.25) is 0 Å². The third kappa shape index (κ3) is 5.45. The van der Waals surface area contributed by atoms with Crippen molar-refractivity contribution in [3.63, 3.8) is 0 Å². The van der Waals surface area contributed by atoms with E-state index in [4.69, 9.17) is 9.47 Å². The molecule has 0 spiro atoms. The van der Waals surface area contributed by atoms with E-state index in [0.29, 0.717) is 6.61 Å². The quantitative estimate of drug-likeness (QED) is 0.260. The molecule has 4 rings (SSSR count). The van der Waals surface area contributed by atoms with Gasteiger partial charge in [0.15, 0.2) is 11.0 Å². The molecule has 0 aliphatic rings. The van der Waals surface area contributed by atoms with Gasteiger partial charge in [0.25, 0.3) is 0 Å². The SMILES string of the molecule is CCOc1ccc(-n2c(SCc3ccc(C(C)(C)C)cc3)nnc2-c2cccc(OC)c2)cc1. The lowest BCUT2D eigenvalue weighted by Gasteiger charge is -2.19. The fourth-order valence-corrected chi connectivity index (χ4v) is 4.56. The number of aromatic nitrogens is 3. The Morgan fingerprint density at radius 3 is 2.26 bits per heavy atom. The lowest BCUT2D eigenvalue weighted by Crippen LogP contribution is -2.10. The van der Waals surface area contributed by atoms with Crippen LogP contribution < -0.4 is 9.47 Å². The molecule has 0 saturated heterocycles. The first-order valence-corrected chi connectivity index (χ1v) is 12.4. The van der Waals surface area contributed by atoms with Crippen LogP contribution in [-0.4, -0.2) is 28.5 Å². The van der Waals surface area contributed by atoms with Crippen LogP contribution in [0.5, 0.6) is 11.5 Å². The maximum Gasteiger partial charge on any atom is 0.196 e. The van der Waals surface area contributed by atoms with Gasteiger partial charge in [0.1, 0.15) is 11.5 Å². The number of ether oxygens (including phenoxy) is 2. The molecule has 5 nitrogen and oxygen atoms in total. The first-order valence-electron chi connectivity index (χ1n) is 11.4. The van der Waals surface area contributed by atoms with Gasteiger partial charge >= 0.3 is 0 Å². The van der Waals surface area contributed by atoms with Crippen LogP contribution in [0.3, 0.4) is 0 Å². The van der Waals surface area contributed by atoms with Gasteiger partial charge in [-0.3, -0.25) is 4.57 Å². The molecule has 0 bridgehead atoms. The molecule has 0 atom stereocenters. The summed E-state index contributed by atoms with van der Waals surface area (Å²) in [5.41, 5.74) is 4.66. The monoisotopic (exact) mass is 473 g/mol. The summed E-state index contributed by atoms with van der Waals surface area (Å²) in [7, 11) is 1.67. The smallest absolute Gasteiger partial charge is 0.196 e. The number of thioether (sulfide) groups is 1. The molecule has 0 amide bonds. The molecule has 0 unspecified atom stereocenters. The molecular formula is C28H31N3O2S. The number of methoxy groups -OCH3 is 1. The Morgan fingerprint density at radius 2 is 1.62 bits per heavy atom. The van der Waals surface area contributed by atoms with E-state index in [1.54, 1.807) is 18.9 Å². The van der Waals surface area contributed by atoms with E-state index in [1.165, 1.54) is 11.1 Å². The first kappa shape index (κ1) is 23.9. The minimum Gasteiger partial charge on any atom is -0.497 e. The van der Waals surface area contributed by atoms with Crippen LogP contribution >= 0.6 is 11.8 Å².